The summed E-state index contributed by atoms with van der Waals surface area (Å²) in [6.45, 7) is 0. The summed E-state index contributed by atoms with van der Waals surface area (Å²) in [4.78, 5) is 0.0201. The van der Waals surface area contributed by atoms with E-state index in [2.05, 4.69) is 0 Å². The second-order valence-electron chi connectivity index (χ2n) is 1.66. The molecular weight excluding hydrogens is 206 g/mol. The van der Waals surface area contributed by atoms with Crippen molar-refractivity contribution >= 4 is 31.1 Å². The van der Waals surface area contributed by atoms with Gasteiger partial charge < -0.3 is 0 Å². The van der Waals surface area contributed by atoms with Gasteiger partial charge >= 0.3 is 0 Å². The van der Waals surface area contributed by atoms with E-state index in [0.29, 0.717) is 0 Å². The van der Waals surface area contributed by atoms with E-state index in [1.165, 1.54) is 11.4 Å². The Hall–Kier alpha value is -0.570. The van der Waals surface area contributed by atoms with Crippen LogP contribution in [0.15, 0.2) is 16.3 Å². The van der Waals surface area contributed by atoms with Gasteiger partial charge in [0.2, 0.25) is 0 Å². The molecule has 0 saturated carbocycles. The monoisotopic (exact) mass is 207 g/mol. The van der Waals surface area contributed by atoms with Crippen LogP contribution in [0.4, 0.5) is 0 Å². The van der Waals surface area contributed by atoms with Crippen LogP contribution < -0.4 is 0 Å². The zero-order chi connectivity index (χ0) is 8.48. The van der Waals surface area contributed by atoms with Gasteiger partial charge in [-0.2, -0.15) is 5.26 Å². The first-order valence-corrected chi connectivity index (χ1v) is 5.67. The van der Waals surface area contributed by atoms with Gasteiger partial charge in [-0.05, 0) is 11.4 Å². The quantitative estimate of drug-likeness (QED) is 0.657. The number of hydrogen-bond donors (Lipinski definition) is 0. The van der Waals surface area contributed by atoms with Crippen molar-refractivity contribution in [3.63, 3.8) is 0 Å². The van der Waals surface area contributed by atoms with Gasteiger partial charge in [-0.1, -0.05) is 0 Å². The molecule has 1 rings (SSSR count). The molecular formula is C5H2ClNO2S2. The first kappa shape index (κ1) is 8.53. The summed E-state index contributed by atoms with van der Waals surface area (Å²) in [5, 5.41) is 9.92. The van der Waals surface area contributed by atoms with Crippen LogP contribution in [0.1, 0.15) is 4.88 Å². The van der Waals surface area contributed by atoms with Gasteiger partial charge in [0.05, 0.1) is 0 Å². The van der Waals surface area contributed by atoms with Crippen LogP contribution in [0.25, 0.3) is 0 Å². The summed E-state index contributed by atoms with van der Waals surface area (Å²) >= 11 is 1.05. The first-order chi connectivity index (χ1) is 5.05. The summed E-state index contributed by atoms with van der Waals surface area (Å²) in [5.74, 6) is 0. The highest BCUT2D eigenvalue weighted by atomic mass is 35.7. The van der Waals surface area contributed by atoms with Gasteiger partial charge in [-0.3, -0.25) is 0 Å². The molecule has 0 aromatic carbocycles. The Morgan fingerprint density at radius 3 is 2.64 bits per heavy atom. The lowest BCUT2D eigenvalue weighted by molar-refractivity contribution is 0.610. The fourth-order valence-electron chi connectivity index (χ4n) is 0.571. The van der Waals surface area contributed by atoms with Crippen molar-refractivity contribution < 1.29 is 8.42 Å². The Labute approximate surface area is 72.3 Å². The SMILES string of the molecule is N#Cc1sccc1S(=O)(=O)Cl. The average Bonchev–Trinajstić information content (AvgIpc) is 2.31. The summed E-state index contributed by atoms with van der Waals surface area (Å²) in [7, 11) is 1.27. The molecule has 0 unspecified atom stereocenters. The van der Waals surface area contributed by atoms with Gasteiger partial charge in [0, 0.05) is 10.7 Å². The summed E-state index contributed by atoms with van der Waals surface area (Å²) in [6.07, 6.45) is 0. The van der Waals surface area contributed by atoms with Crippen molar-refractivity contribution in [3.8, 4) is 6.07 Å². The predicted molar refractivity (Wildman–Crippen MR) is 42.1 cm³/mol. The molecule has 1 heterocycles. The maximum absolute atomic E-state index is 10.7. The standard InChI is InChI=1S/C5H2ClNO2S2/c6-11(8,9)5-1-2-10-4(5)3-7/h1-2H. The lowest BCUT2D eigenvalue weighted by atomic mass is 10.5. The number of hydrogen-bond acceptors (Lipinski definition) is 4. The zero-order valence-electron chi connectivity index (χ0n) is 5.11. The summed E-state index contributed by atoms with van der Waals surface area (Å²) < 4.78 is 21.4. The lowest BCUT2D eigenvalue weighted by Gasteiger charge is -1.87. The summed E-state index contributed by atoms with van der Waals surface area (Å²) in [6, 6.07) is 3.05. The summed E-state index contributed by atoms with van der Waals surface area (Å²) in [5.41, 5.74) is 0. The molecule has 0 aliphatic carbocycles. The maximum Gasteiger partial charge on any atom is 0.263 e. The number of rotatable bonds is 1. The average molecular weight is 208 g/mol. The first-order valence-electron chi connectivity index (χ1n) is 2.48. The van der Waals surface area contributed by atoms with Crippen molar-refractivity contribution in [2.24, 2.45) is 0 Å². The van der Waals surface area contributed by atoms with Crippen LogP contribution in [0.3, 0.4) is 0 Å². The smallest absolute Gasteiger partial charge is 0.207 e. The van der Waals surface area contributed by atoms with Crippen molar-refractivity contribution in [2.45, 2.75) is 4.90 Å². The van der Waals surface area contributed by atoms with Gasteiger partial charge in [-0.25, -0.2) is 8.42 Å². The maximum atomic E-state index is 10.7. The number of nitriles is 1. The third-order valence-corrected chi connectivity index (χ3v) is 3.31. The Bertz CT molecular complexity index is 400. The number of nitrogens with zero attached hydrogens (tertiary/aromatic N) is 1. The minimum Gasteiger partial charge on any atom is -0.207 e. The molecule has 0 bridgehead atoms. The van der Waals surface area contributed by atoms with Crippen molar-refractivity contribution in [2.75, 3.05) is 0 Å². The van der Waals surface area contributed by atoms with E-state index in [4.69, 9.17) is 15.9 Å². The molecule has 0 saturated heterocycles. The number of halogens is 1. The molecule has 0 fully saturated rings. The van der Waals surface area contributed by atoms with Crippen LogP contribution in [0.5, 0.6) is 0 Å². The molecule has 0 atom stereocenters. The van der Waals surface area contributed by atoms with Crippen LogP contribution >= 0.6 is 22.0 Å². The predicted octanol–water partition coefficient (Wildman–Crippen LogP) is 1.55. The highest BCUT2D eigenvalue weighted by molar-refractivity contribution is 8.13. The fourth-order valence-corrected chi connectivity index (χ4v) is 2.73. The van der Waals surface area contributed by atoms with E-state index in [-0.39, 0.29) is 9.77 Å². The molecule has 0 N–H and O–H groups in total. The van der Waals surface area contributed by atoms with Gasteiger partial charge in [0.1, 0.15) is 15.8 Å². The Morgan fingerprint density at radius 2 is 2.27 bits per heavy atom. The van der Waals surface area contributed by atoms with Crippen LogP contribution in [0, 0.1) is 11.3 Å². The largest absolute Gasteiger partial charge is 0.263 e. The Balaban J connectivity index is 3.39. The highest BCUT2D eigenvalue weighted by Crippen LogP contribution is 2.23. The molecule has 0 amide bonds. The molecule has 1 aromatic rings. The van der Waals surface area contributed by atoms with E-state index >= 15 is 0 Å². The topological polar surface area (TPSA) is 57.9 Å². The molecule has 0 spiro atoms. The molecule has 11 heavy (non-hydrogen) atoms. The normalized spacial score (nSPS) is 10.9. The second kappa shape index (κ2) is 2.81. The Morgan fingerprint density at radius 1 is 1.64 bits per heavy atom. The van der Waals surface area contributed by atoms with Crippen LogP contribution in [-0.2, 0) is 9.05 Å². The van der Waals surface area contributed by atoms with Crippen molar-refractivity contribution in [1.82, 2.24) is 0 Å². The van der Waals surface area contributed by atoms with Crippen molar-refractivity contribution in [1.29, 1.82) is 5.26 Å². The zero-order valence-corrected chi connectivity index (χ0v) is 7.50. The second-order valence-corrected chi connectivity index (χ2v) is 5.11. The fraction of sp³-hybridized carbons (Fsp3) is 0. The highest BCUT2D eigenvalue weighted by Gasteiger charge is 2.15. The van der Waals surface area contributed by atoms with Crippen molar-refractivity contribution in [3.05, 3.63) is 16.3 Å². The van der Waals surface area contributed by atoms with Crippen LogP contribution in [0.2, 0.25) is 0 Å². The van der Waals surface area contributed by atoms with Gasteiger partial charge in [0.15, 0.2) is 0 Å². The molecule has 3 nitrogen and oxygen atoms in total. The molecule has 1 aromatic heterocycles. The van der Waals surface area contributed by atoms with E-state index in [9.17, 15) is 8.42 Å². The third kappa shape index (κ3) is 1.71. The lowest BCUT2D eigenvalue weighted by Crippen LogP contribution is -1.89. The Kier molecular flexibility index (Phi) is 2.18. The number of thiophene rings is 1. The van der Waals surface area contributed by atoms with E-state index in [1.54, 1.807) is 6.07 Å². The van der Waals surface area contributed by atoms with Gasteiger partial charge in [0.25, 0.3) is 9.05 Å². The third-order valence-electron chi connectivity index (χ3n) is 0.993. The molecule has 0 radical (unpaired) electrons. The molecule has 0 aliphatic heterocycles. The molecule has 0 aliphatic rings. The van der Waals surface area contributed by atoms with Crippen LogP contribution in [-0.4, -0.2) is 8.42 Å². The molecule has 6 heteroatoms. The van der Waals surface area contributed by atoms with E-state index in [0.717, 1.165) is 11.3 Å². The minimum absolute atomic E-state index is 0.105. The van der Waals surface area contributed by atoms with Gasteiger partial charge in [-0.15, -0.1) is 11.3 Å². The minimum atomic E-state index is -3.74. The van der Waals surface area contributed by atoms with E-state index in [1.807, 2.05) is 0 Å². The van der Waals surface area contributed by atoms with E-state index < -0.39 is 9.05 Å². The molecule has 58 valence electrons.